The second kappa shape index (κ2) is 7.66. The number of aliphatic hydroxyl groups excluding tert-OH is 3. The lowest BCUT2D eigenvalue weighted by atomic mass is 10.0. The first kappa shape index (κ1) is 14.4. The molecule has 0 amide bonds. The van der Waals surface area contributed by atoms with E-state index in [2.05, 4.69) is 15.9 Å². The SMILES string of the molecule is OCCOc1ccc(C(O)C(O)CCBr)cc1. The molecule has 1 rings (SSSR count). The molecule has 3 N–H and O–H groups in total. The summed E-state index contributed by atoms with van der Waals surface area (Å²) in [6.45, 7) is 0.211. The smallest absolute Gasteiger partial charge is 0.119 e. The Morgan fingerprint density at radius 1 is 1.18 bits per heavy atom. The van der Waals surface area contributed by atoms with Crippen LogP contribution in [0.15, 0.2) is 24.3 Å². The van der Waals surface area contributed by atoms with E-state index in [4.69, 9.17) is 9.84 Å². The van der Waals surface area contributed by atoms with Gasteiger partial charge in [0.25, 0.3) is 0 Å². The van der Waals surface area contributed by atoms with Crippen LogP contribution in [0.25, 0.3) is 0 Å². The molecule has 0 heterocycles. The number of halogens is 1. The molecule has 0 radical (unpaired) electrons. The van der Waals surface area contributed by atoms with Crippen LogP contribution in [0.3, 0.4) is 0 Å². The van der Waals surface area contributed by atoms with Crippen LogP contribution in [0.5, 0.6) is 5.75 Å². The fraction of sp³-hybridized carbons (Fsp3) is 0.500. The zero-order valence-electron chi connectivity index (χ0n) is 9.42. The normalized spacial score (nSPS) is 14.4. The highest BCUT2D eigenvalue weighted by atomic mass is 79.9. The standard InChI is InChI=1S/C12H17BrO4/c13-6-5-11(15)12(16)9-1-3-10(4-2-9)17-8-7-14/h1-4,11-12,14-16H,5-8H2. The molecule has 0 fully saturated rings. The first-order valence-corrected chi connectivity index (χ1v) is 6.57. The quantitative estimate of drug-likeness (QED) is 0.663. The molecule has 2 atom stereocenters. The Morgan fingerprint density at radius 2 is 1.82 bits per heavy atom. The van der Waals surface area contributed by atoms with Gasteiger partial charge in [-0.25, -0.2) is 0 Å². The van der Waals surface area contributed by atoms with Crippen molar-refractivity contribution in [2.45, 2.75) is 18.6 Å². The highest BCUT2D eigenvalue weighted by Crippen LogP contribution is 2.22. The van der Waals surface area contributed by atoms with E-state index in [1.807, 2.05) is 0 Å². The summed E-state index contributed by atoms with van der Waals surface area (Å²) in [6.07, 6.45) is -1.18. The number of aliphatic hydroxyl groups is 3. The van der Waals surface area contributed by atoms with Gasteiger partial charge in [0.15, 0.2) is 0 Å². The molecule has 96 valence electrons. The first-order valence-electron chi connectivity index (χ1n) is 5.44. The van der Waals surface area contributed by atoms with Gasteiger partial charge in [0.05, 0.1) is 12.7 Å². The van der Waals surface area contributed by atoms with Crippen LogP contribution < -0.4 is 4.74 Å². The Morgan fingerprint density at radius 3 is 2.35 bits per heavy atom. The second-order valence-electron chi connectivity index (χ2n) is 3.63. The topological polar surface area (TPSA) is 69.9 Å². The molecule has 0 aliphatic heterocycles. The van der Waals surface area contributed by atoms with Gasteiger partial charge in [-0.05, 0) is 24.1 Å². The predicted molar refractivity (Wildman–Crippen MR) is 68.4 cm³/mol. The largest absolute Gasteiger partial charge is 0.491 e. The highest BCUT2D eigenvalue weighted by molar-refractivity contribution is 9.09. The van der Waals surface area contributed by atoms with Crippen LogP contribution in [0, 0.1) is 0 Å². The summed E-state index contributed by atoms with van der Waals surface area (Å²) < 4.78 is 5.20. The van der Waals surface area contributed by atoms with Crippen molar-refractivity contribution in [3.8, 4) is 5.75 Å². The Balaban J connectivity index is 2.60. The fourth-order valence-electron chi connectivity index (χ4n) is 1.42. The Labute approximate surface area is 109 Å². The van der Waals surface area contributed by atoms with E-state index in [9.17, 15) is 10.2 Å². The molecule has 4 nitrogen and oxygen atoms in total. The van der Waals surface area contributed by atoms with Gasteiger partial charge in [-0.1, -0.05) is 28.1 Å². The van der Waals surface area contributed by atoms with Crippen molar-refractivity contribution < 1.29 is 20.1 Å². The number of hydrogen-bond donors (Lipinski definition) is 3. The van der Waals surface area contributed by atoms with Crippen LogP contribution >= 0.6 is 15.9 Å². The maximum Gasteiger partial charge on any atom is 0.119 e. The molecule has 5 heteroatoms. The molecule has 0 aliphatic rings. The minimum Gasteiger partial charge on any atom is -0.491 e. The maximum absolute atomic E-state index is 9.84. The maximum atomic E-state index is 9.84. The Hall–Kier alpha value is -0.620. The molecular weight excluding hydrogens is 288 g/mol. The van der Waals surface area contributed by atoms with E-state index in [-0.39, 0.29) is 13.2 Å². The van der Waals surface area contributed by atoms with Crippen molar-refractivity contribution in [3.05, 3.63) is 29.8 Å². The molecular formula is C12H17BrO4. The average molecular weight is 305 g/mol. The molecule has 0 aliphatic carbocycles. The van der Waals surface area contributed by atoms with Gasteiger partial charge >= 0.3 is 0 Å². The van der Waals surface area contributed by atoms with E-state index in [1.54, 1.807) is 24.3 Å². The summed E-state index contributed by atoms with van der Waals surface area (Å²) in [5.74, 6) is 0.630. The summed E-state index contributed by atoms with van der Waals surface area (Å²) in [5, 5.41) is 28.7. The third-order valence-corrected chi connectivity index (χ3v) is 2.81. The summed E-state index contributed by atoms with van der Waals surface area (Å²) in [6, 6.07) is 6.81. The average Bonchev–Trinajstić information content (AvgIpc) is 2.36. The Kier molecular flexibility index (Phi) is 6.50. The van der Waals surface area contributed by atoms with E-state index < -0.39 is 12.2 Å². The summed E-state index contributed by atoms with van der Waals surface area (Å²) in [7, 11) is 0. The lowest BCUT2D eigenvalue weighted by molar-refractivity contribution is 0.0173. The van der Waals surface area contributed by atoms with Crippen molar-refractivity contribution in [3.63, 3.8) is 0 Å². The van der Waals surface area contributed by atoms with Crippen molar-refractivity contribution in [2.24, 2.45) is 0 Å². The van der Waals surface area contributed by atoms with Crippen LogP contribution in [0.1, 0.15) is 18.1 Å². The third kappa shape index (κ3) is 4.63. The number of benzene rings is 1. The van der Waals surface area contributed by atoms with Gasteiger partial charge in [-0.15, -0.1) is 0 Å². The van der Waals surface area contributed by atoms with Crippen molar-refractivity contribution >= 4 is 15.9 Å². The lowest BCUT2D eigenvalue weighted by Crippen LogP contribution is -2.18. The molecule has 1 aromatic carbocycles. The van der Waals surface area contributed by atoms with E-state index in [0.717, 1.165) is 0 Å². The molecule has 0 saturated heterocycles. The minimum absolute atomic E-state index is 0.0334. The highest BCUT2D eigenvalue weighted by Gasteiger charge is 2.17. The molecule has 17 heavy (non-hydrogen) atoms. The summed E-state index contributed by atoms with van der Waals surface area (Å²) in [4.78, 5) is 0. The van der Waals surface area contributed by atoms with Crippen LogP contribution in [-0.2, 0) is 0 Å². The lowest BCUT2D eigenvalue weighted by Gasteiger charge is -2.17. The van der Waals surface area contributed by atoms with Crippen LogP contribution in [0.4, 0.5) is 0 Å². The van der Waals surface area contributed by atoms with Gasteiger partial charge < -0.3 is 20.1 Å². The number of ether oxygens (including phenoxy) is 1. The van der Waals surface area contributed by atoms with Crippen molar-refractivity contribution in [1.82, 2.24) is 0 Å². The zero-order chi connectivity index (χ0) is 12.7. The van der Waals surface area contributed by atoms with Crippen molar-refractivity contribution in [2.75, 3.05) is 18.5 Å². The van der Waals surface area contributed by atoms with Gasteiger partial charge in [0.2, 0.25) is 0 Å². The fourth-order valence-corrected chi connectivity index (χ4v) is 1.89. The van der Waals surface area contributed by atoms with Gasteiger partial charge in [0, 0.05) is 5.33 Å². The van der Waals surface area contributed by atoms with Crippen LogP contribution in [-0.4, -0.2) is 40.0 Å². The molecule has 1 aromatic rings. The van der Waals surface area contributed by atoms with Gasteiger partial charge in [-0.3, -0.25) is 0 Å². The third-order valence-electron chi connectivity index (χ3n) is 2.35. The van der Waals surface area contributed by atoms with E-state index in [1.165, 1.54) is 0 Å². The number of alkyl halides is 1. The van der Waals surface area contributed by atoms with Gasteiger partial charge in [-0.2, -0.15) is 0 Å². The van der Waals surface area contributed by atoms with E-state index in [0.29, 0.717) is 23.1 Å². The summed E-state index contributed by atoms with van der Waals surface area (Å²) in [5.41, 5.74) is 0.648. The summed E-state index contributed by atoms with van der Waals surface area (Å²) >= 11 is 3.22. The molecule has 0 saturated carbocycles. The molecule has 2 unspecified atom stereocenters. The minimum atomic E-state index is -0.889. The first-order chi connectivity index (χ1) is 8.19. The van der Waals surface area contributed by atoms with Crippen LogP contribution in [0.2, 0.25) is 0 Å². The van der Waals surface area contributed by atoms with Gasteiger partial charge in [0.1, 0.15) is 18.5 Å². The second-order valence-corrected chi connectivity index (χ2v) is 4.42. The monoisotopic (exact) mass is 304 g/mol. The van der Waals surface area contributed by atoms with E-state index >= 15 is 0 Å². The zero-order valence-corrected chi connectivity index (χ0v) is 11.0. The Bertz CT molecular complexity index is 315. The molecule has 0 aromatic heterocycles. The van der Waals surface area contributed by atoms with Crippen molar-refractivity contribution in [1.29, 1.82) is 0 Å². The number of rotatable bonds is 7. The predicted octanol–water partition coefficient (Wildman–Crippen LogP) is 1.24. The molecule has 0 bridgehead atoms. The molecule has 0 spiro atoms. The number of hydrogen-bond acceptors (Lipinski definition) is 4.